The minimum Gasteiger partial charge on any atom is -0.405 e. The van der Waals surface area contributed by atoms with E-state index in [-0.39, 0.29) is 4.75 Å². The fraction of sp³-hybridized carbons (Fsp3) is 0.308. The molecule has 1 aromatic carbocycles. The van der Waals surface area contributed by atoms with Crippen molar-refractivity contribution in [3.8, 4) is 0 Å². The number of para-hydroxylation sites is 1. The quantitative estimate of drug-likeness (QED) is 0.847. The van der Waals surface area contributed by atoms with Gasteiger partial charge in [0.15, 0.2) is 4.34 Å². The molecule has 0 saturated carbocycles. The molecule has 0 spiro atoms. The first-order valence-electron chi connectivity index (χ1n) is 5.61. The molecule has 17 heavy (non-hydrogen) atoms. The largest absolute Gasteiger partial charge is 0.405 e. The first-order valence-corrected chi connectivity index (χ1v) is 7.24. The number of rotatable bonds is 4. The van der Waals surface area contributed by atoms with E-state index in [0.717, 1.165) is 16.3 Å². The lowest BCUT2D eigenvalue weighted by Gasteiger charge is -2.21. The number of fused-ring (bicyclic) bond motifs is 1. The molecular formula is C13H16N2S2. The summed E-state index contributed by atoms with van der Waals surface area (Å²) in [6.07, 6.45) is 4.70. The summed E-state index contributed by atoms with van der Waals surface area (Å²) < 4.78 is 2.38. The Bertz CT molecular complexity index is 500. The van der Waals surface area contributed by atoms with E-state index in [1.54, 1.807) is 29.3 Å². The predicted octanol–water partition coefficient (Wildman–Crippen LogP) is 4.03. The summed E-state index contributed by atoms with van der Waals surface area (Å²) in [6.45, 7) is 4.35. The van der Waals surface area contributed by atoms with E-state index in [2.05, 4.69) is 31.0 Å². The number of benzene rings is 1. The van der Waals surface area contributed by atoms with Crippen molar-refractivity contribution in [3.63, 3.8) is 0 Å². The molecule has 1 atom stereocenters. The molecule has 90 valence electrons. The fourth-order valence-electron chi connectivity index (χ4n) is 1.52. The average molecular weight is 264 g/mol. The highest BCUT2D eigenvalue weighted by Crippen LogP contribution is 2.39. The molecule has 2 aromatic rings. The molecule has 0 fully saturated rings. The summed E-state index contributed by atoms with van der Waals surface area (Å²) in [5, 5.41) is 0. The standard InChI is InChI=1S/C13H16N2S2/c1-3-13(2,8-9-14)17-12-15-10-6-4-5-7-11(10)16-12/h4-9H,3,14H2,1-2H3/b9-8+. The Labute approximate surface area is 110 Å². The molecule has 1 unspecified atom stereocenters. The van der Waals surface area contributed by atoms with E-state index in [4.69, 9.17) is 5.73 Å². The second-order valence-corrected chi connectivity index (χ2v) is 6.89. The Morgan fingerprint density at radius 1 is 1.47 bits per heavy atom. The lowest BCUT2D eigenvalue weighted by atomic mass is 10.1. The van der Waals surface area contributed by atoms with Crippen LogP contribution in [0.3, 0.4) is 0 Å². The smallest absolute Gasteiger partial charge is 0.151 e. The van der Waals surface area contributed by atoms with E-state index in [0.29, 0.717) is 0 Å². The van der Waals surface area contributed by atoms with Crippen molar-refractivity contribution in [2.75, 3.05) is 0 Å². The molecule has 0 aliphatic heterocycles. The van der Waals surface area contributed by atoms with Gasteiger partial charge in [0.25, 0.3) is 0 Å². The third-order valence-corrected chi connectivity index (χ3v) is 5.23. The number of thiazole rings is 1. The Morgan fingerprint density at radius 3 is 2.88 bits per heavy atom. The van der Waals surface area contributed by atoms with Gasteiger partial charge in [0.05, 0.1) is 10.2 Å². The first-order chi connectivity index (χ1) is 8.17. The van der Waals surface area contributed by atoms with Crippen LogP contribution in [0.4, 0.5) is 0 Å². The molecule has 1 aromatic heterocycles. The van der Waals surface area contributed by atoms with Gasteiger partial charge < -0.3 is 5.73 Å². The topological polar surface area (TPSA) is 38.9 Å². The SMILES string of the molecule is CCC(C)(/C=C/N)Sc1nc2ccccc2s1. The normalized spacial score (nSPS) is 15.4. The summed E-state index contributed by atoms with van der Waals surface area (Å²) in [5.41, 5.74) is 6.59. The van der Waals surface area contributed by atoms with Gasteiger partial charge in [0, 0.05) is 4.75 Å². The van der Waals surface area contributed by atoms with Crippen LogP contribution in [-0.2, 0) is 0 Å². The number of hydrogen-bond acceptors (Lipinski definition) is 4. The van der Waals surface area contributed by atoms with Gasteiger partial charge in [0.1, 0.15) is 0 Å². The Hall–Kier alpha value is -1.00. The van der Waals surface area contributed by atoms with E-state index >= 15 is 0 Å². The molecule has 0 aliphatic carbocycles. The van der Waals surface area contributed by atoms with Crippen molar-refractivity contribution in [2.45, 2.75) is 29.4 Å². The summed E-state index contributed by atoms with van der Waals surface area (Å²) in [4.78, 5) is 4.63. The molecule has 0 saturated heterocycles. The minimum atomic E-state index is 0.0304. The molecule has 0 bridgehead atoms. The third kappa shape index (κ3) is 2.82. The van der Waals surface area contributed by atoms with Crippen LogP contribution < -0.4 is 5.73 Å². The summed E-state index contributed by atoms with van der Waals surface area (Å²) in [5.74, 6) is 0. The minimum absolute atomic E-state index is 0.0304. The molecular weight excluding hydrogens is 248 g/mol. The second kappa shape index (κ2) is 5.10. The van der Waals surface area contributed by atoms with E-state index < -0.39 is 0 Å². The molecule has 0 amide bonds. The van der Waals surface area contributed by atoms with Crippen LogP contribution in [0.2, 0.25) is 0 Å². The molecule has 0 aliphatic rings. The zero-order chi connectivity index (χ0) is 12.3. The predicted molar refractivity (Wildman–Crippen MR) is 77.5 cm³/mol. The van der Waals surface area contributed by atoms with Gasteiger partial charge in [-0.2, -0.15) is 0 Å². The summed E-state index contributed by atoms with van der Waals surface area (Å²) >= 11 is 3.52. The number of thioether (sulfide) groups is 1. The summed E-state index contributed by atoms with van der Waals surface area (Å²) in [6, 6.07) is 8.24. The highest BCUT2D eigenvalue weighted by molar-refractivity contribution is 8.02. The lowest BCUT2D eigenvalue weighted by Crippen LogP contribution is -2.15. The van der Waals surface area contributed by atoms with Crippen LogP contribution in [0.1, 0.15) is 20.3 Å². The van der Waals surface area contributed by atoms with Crippen LogP contribution in [-0.4, -0.2) is 9.73 Å². The fourth-order valence-corrected chi connectivity index (χ4v) is 4.06. The van der Waals surface area contributed by atoms with Gasteiger partial charge >= 0.3 is 0 Å². The zero-order valence-corrected chi connectivity index (χ0v) is 11.6. The van der Waals surface area contributed by atoms with Crippen LogP contribution >= 0.6 is 23.1 Å². The van der Waals surface area contributed by atoms with Crippen molar-refractivity contribution in [1.82, 2.24) is 4.98 Å². The monoisotopic (exact) mass is 264 g/mol. The summed E-state index contributed by atoms with van der Waals surface area (Å²) in [7, 11) is 0. The molecule has 2 nitrogen and oxygen atoms in total. The zero-order valence-electron chi connectivity index (χ0n) is 10.0. The van der Waals surface area contributed by atoms with Crippen LogP contribution in [0.25, 0.3) is 10.2 Å². The highest BCUT2D eigenvalue weighted by atomic mass is 32.2. The van der Waals surface area contributed by atoms with Gasteiger partial charge in [-0.1, -0.05) is 36.9 Å². The number of aromatic nitrogens is 1. The van der Waals surface area contributed by atoms with Gasteiger partial charge in [0.2, 0.25) is 0 Å². The maximum Gasteiger partial charge on any atom is 0.151 e. The van der Waals surface area contributed by atoms with Gasteiger partial charge in [-0.05, 0) is 31.7 Å². The Morgan fingerprint density at radius 2 is 2.24 bits per heavy atom. The third-order valence-electron chi connectivity index (χ3n) is 2.75. The Balaban J connectivity index is 2.28. The van der Waals surface area contributed by atoms with Crippen LogP contribution in [0.5, 0.6) is 0 Å². The van der Waals surface area contributed by atoms with Crippen LogP contribution in [0.15, 0.2) is 40.9 Å². The van der Waals surface area contributed by atoms with Gasteiger partial charge in [-0.15, -0.1) is 11.3 Å². The molecule has 0 radical (unpaired) electrons. The maximum absolute atomic E-state index is 5.51. The van der Waals surface area contributed by atoms with E-state index in [1.165, 1.54) is 4.70 Å². The number of nitrogens with zero attached hydrogens (tertiary/aromatic N) is 1. The highest BCUT2D eigenvalue weighted by Gasteiger charge is 2.22. The van der Waals surface area contributed by atoms with Crippen molar-refractivity contribution in [2.24, 2.45) is 5.73 Å². The van der Waals surface area contributed by atoms with E-state index in [1.807, 2.05) is 18.2 Å². The van der Waals surface area contributed by atoms with E-state index in [9.17, 15) is 0 Å². The number of nitrogens with two attached hydrogens (primary N) is 1. The van der Waals surface area contributed by atoms with Crippen molar-refractivity contribution >= 4 is 33.3 Å². The molecule has 2 N–H and O–H groups in total. The average Bonchev–Trinajstić information content (AvgIpc) is 2.71. The maximum atomic E-state index is 5.51. The van der Waals surface area contributed by atoms with Gasteiger partial charge in [-0.25, -0.2) is 4.98 Å². The first kappa shape index (κ1) is 12.5. The van der Waals surface area contributed by atoms with Crippen molar-refractivity contribution < 1.29 is 0 Å². The van der Waals surface area contributed by atoms with Crippen molar-refractivity contribution in [1.29, 1.82) is 0 Å². The molecule has 4 heteroatoms. The number of hydrogen-bond donors (Lipinski definition) is 1. The van der Waals surface area contributed by atoms with Gasteiger partial charge in [-0.3, -0.25) is 0 Å². The Kier molecular flexibility index (Phi) is 3.74. The molecule has 2 rings (SSSR count). The molecule has 1 heterocycles. The lowest BCUT2D eigenvalue weighted by molar-refractivity contribution is 0.753. The second-order valence-electron chi connectivity index (χ2n) is 4.07. The van der Waals surface area contributed by atoms with Crippen LogP contribution in [0, 0.1) is 0 Å². The van der Waals surface area contributed by atoms with Crippen molar-refractivity contribution in [3.05, 3.63) is 36.5 Å².